The SMILES string of the molecule is CC(=O)C(Cc1ccc(Cl)cc1)=C(C)O. The van der Waals surface area contributed by atoms with Crippen LogP contribution in [0.2, 0.25) is 5.02 Å². The summed E-state index contributed by atoms with van der Waals surface area (Å²) in [5, 5.41) is 9.99. The molecule has 0 unspecified atom stereocenters. The average Bonchev–Trinajstić information content (AvgIpc) is 2.15. The van der Waals surface area contributed by atoms with E-state index in [1.165, 1.54) is 13.8 Å². The first kappa shape index (κ1) is 11.8. The second kappa shape index (κ2) is 4.99. The lowest BCUT2D eigenvalue weighted by Gasteiger charge is -2.05. The summed E-state index contributed by atoms with van der Waals surface area (Å²) < 4.78 is 0. The van der Waals surface area contributed by atoms with E-state index in [0.717, 1.165) is 5.56 Å². The van der Waals surface area contributed by atoms with Gasteiger partial charge in [0.15, 0.2) is 5.78 Å². The summed E-state index contributed by atoms with van der Waals surface area (Å²) in [6.07, 6.45) is 0.439. The normalized spacial score (nSPS) is 12.2. The van der Waals surface area contributed by atoms with Crippen molar-refractivity contribution >= 4 is 17.4 Å². The lowest BCUT2D eigenvalue weighted by atomic mass is 10.0. The van der Waals surface area contributed by atoms with E-state index in [1.807, 2.05) is 12.1 Å². The molecule has 1 N–H and O–H groups in total. The monoisotopic (exact) mass is 224 g/mol. The molecule has 1 aromatic rings. The van der Waals surface area contributed by atoms with Gasteiger partial charge in [-0.15, -0.1) is 0 Å². The molecule has 0 saturated carbocycles. The van der Waals surface area contributed by atoms with Gasteiger partial charge in [-0.05, 0) is 31.5 Å². The Labute approximate surface area is 94.2 Å². The van der Waals surface area contributed by atoms with Crippen LogP contribution >= 0.6 is 11.6 Å². The predicted molar refractivity (Wildman–Crippen MR) is 61.2 cm³/mol. The highest BCUT2D eigenvalue weighted by Crippen LogP contribution is 2.15. The van der Waals surface area contributed by atoms with Crippen molar-refractivity contribution < 1.29 is 9.90 Å². The summed E-state index contributed by atoms with van der Waals surface area (Å²) in [5.41, 5.74) is 1.40. The number of hydrogen-bond donors (Lipinski definition) is 1. The molecule has 0 aliphatic carbocycles. The zero-order chi connectivity index (χ0) is 11.4. The summed E-state index contributed by atoms with van der Waals surface area (Å²) in [6.45, 7) is 2.97. The van der Waals surface area contributed by atoms with E-state index in [9.17, 15) is 9.90 Å². The highest BCUT2D eigenvalue weighted by atomic mass is 35.5. The van der Waals surface area contributed by atoms with Gasteiger partial charge in [-0.3, -0.25) is 4.79 Å². The van der Waals surface area contributed by atoms with Crippen molar-refractivity contribution in [3.63, 3.8) is 0 Å². The van der Waals surface area contributed by atoms with E-state index in [0.29, 0.717) is 17.0 Å². The summed E-state index contributed by atoms with van der Waals surface area (Å²) in [6, 6.07) is 7.21. The van der Waals surface area contributed by atoms with Crippen LogP contribution in [-0.4, -0.2) is 10.9 Å². The van der Waals surface area contributed by atoms with Gasteiger partial charge in [0.25, 0.3) is 0 Å². The highest BCUT2D eigenvalue weighted by molar-refractivity contribution is 6.30. The Morgan fingerprint density at radius 2 is 1.80 bits per heavy atom. The van der Waals surface area contributed by atoms with Crippen LogP contribution in [0.15, 0.2) is 35.6 Å². The molecule has 0 spiro atoms. The Bertz CT molecular complexity index is 387. The van der Waals surface area contributed by atoms with Crippen molar-refractivity contribution in [1.29, 1.82) is 0 Å². The molecule has 80 valence electrons. The maximum atomic E-state index is 11.2. The second-order valence-corrected chi connectivity index (χ2v) is 3.86. The van der Waals surface area contributed by atoms with Gasteiger partial charge >= 0.3 is 0 Å². The van der Waals surface area contributed by atoms with E-state index < -0.39 is 0 Å². The van der Waals surface area contributed by atoms with E-state index in [-0.39, 0.29) is 11.5 Å². The number of aliphatic hydroxyl groups excluding tert-OH is 1. The Morgan fingerprint density at radius 3 is 2.20 bits per heavy atom. The number of ketones is 1. The molecule has 2 nitrogen and oxygen atoms in total. The number of aliphatic hydroxyl groups is 1. The lowest BCUT2D eigenvalue weighted by molar-refractivity contribution is -0.113. The molecule has 0 fully saturated rings. The first-order valence-corrected chi connectivity index (χ1v) is 5.02. The van der Waals surface area contributed by atoms with Gasteiger partial charge in [0.05, 0.1) is 5.76 Å². The first-order valence-electron chi connectivity index (χ1n) is 4.65. The minimum atomic E-state index is -0.107. The summed E-state index contributed by atoms with van der Waals surface area (Å²) >= 11 is 5.74. The van der Waals surface area contributed by atoms with Crippen molar-refractivity contribution in [1.82, 2.24) is 0 Å². The van der Waals surface area contributed by atoms with Gasteiger partial charge in [0, 0.05) is 17.0 Å². The number of carbonyl (C=O) groups is 1. The second-order valence-electron chi connectivity index (χ2n) is 3.42. The van der Waals surface area contributed by atoms with Gasteiger partial charge in [-0.1, -0.05) is 23.7 Å². The van der Waals surface area contributed by atoms with Crippen molar-refractivity contribution in [2.75, 3.05) is 0 Å². The summed E-state index contributed by atoms with van der Waals surface area (Å²) in [7, 11) is 0. The standard InChI is InChI=1S/C12H13ClO2/c1-8(14)12(9(2)15)7-10-3-5-11(13)6-4-10/h3-6,14H,7H2,1-2H3. The number of carbonyl (C=O) groups excluding carboxylic acids is 1. The number of Topliss-reactive ketones (excluding diaryl/α,β-unsaturated/α-hetero) is 1. The lowest BCUT2D eigenvalue weighted by Crippen LogP contribution is -2.03. The zero-order valence-corrected chi connectivity index (χ0v) is 9.51. The number of allylic oxidation sites excluding steroid dienone is 2. The van der Waals surface area contributed by atoms with Gasteiger partial charge in [0.2, 0.25) is 0 Å². The van der Waals surface area contributed by atoms with E-state index in [2.05, 4.69) is 0 Å². The first-order chi connectivity index (χ1) is 7.00. The number of halogens is 1. The smallest absolute Gasteiger partial charge is 0.159 e. The van der Waals surface area contributed by atoms with E-state index in [4.69, 9.17) is 11.6 Å². The van der Waals surface area contributed by atoms with Crippen LogP contribution in [0.1, 0.15) is 19.4 Å². The van der Waals surface area contributed by atoms with Crippen LogP contribution < -0.4 is 0 Å². The molecule has 0 amide bonds. The Kier molecular flexibility index (Phi) is 3.92. The van der Waals surface area contributed by atoms with E-state index >= 15 is 0 Å². The van der Waals surface area contributed by atoms with Crippen molar-refractivity contribution in [3.05, 3.63) is 46.2 Å². The van der Waals surface area contributed by atoms with Crippen molar-refractivity contribution in [3.8, 4) is 0 Å². The molecular weight excluding hydrogens is 212 g/mol. The van der Waals surface area contributed by atoms with Crippen LogP contribution in [0.4, 0.5) is 0 Å². The molecule has 0 heterocycles. The molecule has 1 rings (SSSR count). The van der Waals surface area contributed by atoms with Crippen LogP contribution in [0.25, 0.3) is 0 Å². The van der Waals surface area contributed by atoms with Crippen molar-refractivity contribution in [2.45, 2.75) is 20.3 Å². The van der Waals surface area contributed by atoms with Crippen LogP contribution in [0, 0.1) is 0 Å². The zero-order valence-electron chi connectivity index (χ0n) is 8.75. The van der Waals surface area contributed by atoms with Gasteiger partial charge in [-0.2, -0.15) is 0 Å². The molecule has 0 aromatic heterocycles. The molecule has 1 aromatic carbocycles. The molecule has 0 aliphatic heterocycles. The van der Waals surface area contributed by atoms with Crippen LogP contribution in [0.5, 0.6) is 0 Å². The minimum Gasteiger partial charge on any atom is -0.512 e. The fourth-order valence-corrected chi connectivity index (χ4v) is 1.44. The molecule has 3 heteroatoms. The quantitative estimate of drug-likeness (QED) is 0.632. The Hall–Kier alpha value is -1.28. The topological polar surface area (TPSA) is 37.3 Å². The number of rotatable bonds is 3. The molecular formula is C12H13ClO2. The third-order valence-corrected chi connectivity index (χ3v) is 2.41. The summed E-state index contributed by atoms with van der Waals surface area (Å²) in [4.78, 5) is 11.2. The van der Waals surface area contributed by atoms with Gasteiger partial charge in [0.1, 0.15) is 0 Å². The molecule has 0 aliphatic rings. The molecule has 0 radical (unpaired) electrons. The fraction of sp³-hybridized carbons (Fsp3) is 0.250. The largest absolute Gasteiger partial charge is 0.512 e. The maximum absolute atomic E-state index is 11.2. The molecule has 0 bridgehead atoms. The predicted octanol–water partition coefficient (Wildman–Crippen LogP) is 3.30. The fourth-order valence-electron chi connectivity index (χ4n) is 1.31. The Balaban J connectivity index is 2.90. The minimum absolute atomic E-state index is 0.0810. The van der Waals surface area contributed by atoms with Gasteiger partial charge in [-0.25, -0.2) is 0 Å². The van der Waals surface area contributed by atoms with Crippen molar-refractivity contribution in [2.24, 2.45) is 0 Å². The number of hydrogen-bond acceptors (Lipinski definition) is 2. The third-order valence-electron chi connectivity index (χ3n) is 2.16. The average molecular weight is 225 g/mol. The van der Waals surface area contributed by atoms with Crippen LogP contribution in [0.3, 0.4) is 0 Å². The third kappa shape index (κ3) is 3.40. The maximum Gasteiger partial charge on any atom is 0.159 e. The Morgan fingerprint density at radius 1 is 1.27 bits per heavy atom. The molecule has 0 atom stereocenters. The van der Waals surface area contributed by atoms with Gasteiger partial charge < -0.3 is 5.11 Å². The highest BCUT2D eigenvalue weighted by Gasteiger charge is 2.08. The molecule has 15 heavy (non-hydrogen) atoms. The van der Waals surface area contributed by atoms with Crippen LogP contribution in [-0.2, 0) is 11.2 Å². The molecule has 0 saturated heterocycles. The van der Waals surface area contributed by atoms with E-state index in [1.54, 1.807) is 12.1 Å². The summed E-state index contributed by atoms with van der Waals surface area (Å²) in [5.74, 6) is -0.0256. The number of benzene rings is 1.